The fraction of sp³-hybridized carbons (Fsp3) is 0.741. The lowest BCUT2D eigenvalue weighted by Gasteiger charge is -2.24. The molecule has 2 heterocycles. The fourth-order valence-electron chi connectivity index (χ4n) is 4.02. The molecule has 1 aromatic heterocycles. The topological polar surface area (TPSA) is 174 Å². The van der Waals surface area contributed by atoms with E-state index in [1.807, 2.05) is 20.8 Å². The van der Waals surface area contributed by atoms with Crippen LogP contribution in [-0.2, 0) is 28.4 Å². The Bertz CT molecular complexity index is 1050. The van der Waals surface area contributed by atoms with Crippen LogP contribution in [0.15, 0.2) is 11.0 Å². The van der Waals surface area contributed by atoms with Gasteiger partial charge in [0.2, 0.25) is 0 Å². The number of unbranched alkanes of at least 4 members (excludes halogenated alkanes) is 6. The van der Waals surface area contributed by atoms with Gasteiger partial charge in [0.25, 0.3) is 0 Å². The van der Waals surface area contributed by atoms with Crippen LogP contribution in [0.1, 0.15) is 84.8 Å². The zero-order valence-corrected chi connectivity index (χ0v) is 24.4. The van der Waals surface area contributed by atoms with Gasteiger partial charge in [-0.1, -0.05) is 59.3 Å². The van der Waals surface area contributed by atoms with Gasteiger partial charge in [-0.3, -0.25) is 9.88 Å². The maximum absolute atomic E-state index is 15.0. The highest BCUT2D eigenvalue weighted by molar-refractivity contribution is 5.83. The molecule has 0 bridgehead atoms. The number of aliphatic hydroxyl groups excluding tert-OH is 1. The van der Waals surface area contributed by atoms with Gasteiger partial charge < -0.3 is 33.5 Å². The van der Waals surface area contributed by atoms with Crippen LogP contribution >= 0.6 is 0 Å². The maximum Gasteiger partial charge on any atom is 0.508 e. The molecule has 14 nitrogen and oxygen atoms in total. The fourth-order valence-corrected chi connectivity index (χ4v) is 4.02. The molecule has 0 unspecified atom stereocenters. The van der Waals surface area contributed by atoms with Crippen molar-refractivity contribution in [1.29, 1.82) is 0 Å². The van der Waals surface area contributed by atoms with Crippen molar-refractivity contribution in [2.45, 2.75) is 103 Å². The van der Waals surface area contributed by atoms with Crippen molar-refractivity contribution in [1.82, 2.24) is 9.55 Å². The van der Waals surface area contributed by atoms with E-state index >= 15 is 0 Å². The van der Waals surface area contributed by atoms with E-state index in [0.29, 0.717) is 30.0 Å². The molecule has 0 radical (unpaired) electrons. The number of anilines is 1. The number of nitrogens with one attached hydrogen (secondary N) is 1. The summed E-state index contributed by atoms with van der Waals surface area (Å²) < 4.78 is 47.1. The smallest absolute Gasteiger partial charge is 0.449 e. The first kappa shape index (κ1) is 34.7. The van der Waals surface area contributed by atoms with E-state index in [4.69, 9.17) is 28.4 Å². The van der Waals surface area contributed by atoms with Crippen molar-refractivity contribution in [3.8, 4) is 0 Å². The third-order valence-corrected chi connectivity index (χ3v) is 6.25. The molecule has 2 rings (SSSR count). The van der Waals surface area contributed by atoms with Gasteiger partial charge in [-0.25, -0.2) is 23.6 Å². The van der Waals surface area contributed by atoms with Crippen LogP contribution < -0.4 is 11.0 Å². The number of amides is 1. The molecule has 1 fully saturated rings. The normalized spacial score (nSPS) is 19.6. The van der Waals surface area contributed by atoms with Crippen molar-refractivity contribution < 1.29 is 52.3 Å². The average Bonchev–Trinajstić information content (AvgIpc) is 3.29. The van der Waals surface area contributed by atoms with E-state index in [9.17, 15) is 28.7 Å². The number of aromatic nitrogens is 2. The third-order valence-electron chi connectivity index (χ3n) is 6.25. The molecule has 1 saturated heterocycles. The quantitative estimate of drug-likeness (QED) is 0.146. The number of hydrogen-bond acceptors (Lipinski definition) is 12. The minimum absolute atomic E-state index is 0.0460. The number of ether oxygens (including phenoxy) is 6. The van der Waals surface area contributed by atoms with E-state index in [0.717, 1.165) is 38.5 Å². The summed E-state index contributed by atoms with van der Waals surface area (Å²) in [6, 6.07) is 0. The van der Waals surface area contributed by atoms with E-state index in [2.05, 4.69) is 10.3 Å². The number of halogens is 1. The van der Waals surface area contributed by atoms with E-state index in [-0.39, 0.29) is 19.8 Å². The number of aliphatic hydroxyl groups is 1. The molecule has 42 heavy (non-hydrogen) atoms. The number of carbonyl (C=O) groups is 3. The van der Waals surface area contributed by atoms with Gasteiger partial charge in [0.05, 0.1) is 32.6 Å². The Morgan fingerprint density at radius 2 is 1.43 bits per heavy atom. The van der Waals surface area contributed by atoms with Crippen LogP contribution in [0.5, 0.6) is 0 Å². The van der Waals surface area contributed by atoms with Gasteiger partial charge in [0.15, 0.2) is 30.1 Å². The van der Waals surface area contributed by atoms with Gasteiger partial charge in [0.1, 0.15) is 6.10 Å². The summed E-state index contributed by atoms with van der Waals surface area (Å²) in [6.45, 7) is 5.43. The molecule has 238 valence electrons. The summed E-state index contributed by atoms with van der Waals surface area (Å²) in [5, 5.41) is 12.0. The highest BCUT2D eigenvalue weighted by Crippen LogP contribution is 2.34. The predicted molar refractivity (Wildman–Crippen MR) is 145 cm³/mol. The average molecular weight is 604 g/mol. The largest absolute Gasteiger partial charge is 0.508 e. The highest BCUT2D eigenvalue weighted by atomic mass is 19.1. The first-order valence-electron chi connectivity index (χ1n) is 14.4. The van der Waals surface area contributed by atoms with Gasteiger partial charge in [-0.2, -0.15) is 4.98 Å². The second kappa shape index (κ2) is 18.9. The second-order valence-corrected chi connectivity index (χ2v) is 9.62. The molecule has 1 aliphatic heterocycles. The lowest BCUT2D eigenvalue weighted by atomic mass is 10.1. The standard InChI is InChI=1S/C27H42FN3O11/c1-4-7-10-13-37-25(34)30-22-18(28)16-31(24(33)29-22)23-21(42-27(36)39-15-12-9-6-3)20(19(17-32)40-23)41-26(35)38-14-11-8-5-2/h16,19-21,23,32H,4-15,17H2,1-3H3,(H,29,30,33,34)/t19-,20-,21-,23-/m1/s1. The Balaban J connectivity index is 2.26. The third kappa shape index (κ3) is 11.1. The van der Waals surface area contributed by atoms with Gasteiger partial charge >= 0.3 is 24.1 Å². The van der Waals surface area contributed by atoms with E-state index in [1.165, 1.54) is 0 Å². The molecular weight excluding hydrogens is 561 g/mol. The minimum Gasteiger partial charge on any atom is -0.449 e. The predicted octanol–water partition coefficient (Wildman–Crippen LogP) is 4.43. The lowest BCUT2D eigenvalue weighted by molar-refractivity contribution is -0.0676. The molecule has 0 spiro atoms. The van der Waals surface area contributed by atoms with Crippen LogP contribution in [-0.4, -0.2) is 77.8 Å². The zero-order valence-electron chi connectivity index (χ0n) is 24.4. The van der Waals surface area contributed by atoms with Crippen molar-refractivity contribution in [2.24, 2.45) is 0 Å². The van der Waals surface area contributed by atoms with E-state index in [1.54, 1.807) is 0 Å². The summed E-state index contributed by atoms with van der Waals surface area (Å²) in [5.74, 6) is -1.82. The van der Waals surface area contributed by atoms with Crippen molar-refractivity contribution in [3.05, 3.63) is 22.5 Å². The Labute approximate surface area is 243 Å². The van der Waals surface area contributed by atoms with Crippen LogP contribution in [0.25, 0.3) is 0 Å². The summed E-state index contributed by atoms with van der Waals surface area (Å²) >= 11 is 0. The Morgan fingerprint density at radius 1 is 0.905 bits per heavy atom. The molecule has 2 N–H and O–H groups in total. The molecule has 1 amide bonds. The molecule has 4 atom stereocenters. The highest BCUT2D eigenvalue weighted by Gasteiger charge is 2.51. The molecule has 1 aromatic rings. The zero-order chi connectivity index (χ0) is 30.9. The number of nitrogens with zero attached hydrogens (tertiary/aromatic N) is 2. The molecule has 1 aliphatic rings. The molecule has 0 aromatic carbocycles. The maximum atomic E-state index is 15.0. The lowest BCUT2D eigenvalue weighted by Crippen LogP contribution is -2.42. The van der Waals surface area contributed by atoms with Crippen molar-refractivity contribution in [3.63, 3.8) is 0 Å². The first-order valence-corrected chi connectivity index (χ1v) is 14.4. The summed E-state index contributed by atoms with van der Waals surface area (Å²) in [4.78, 5) is 53.3. The van der Waals surface area contributed by atoms with Gasteiger partial charge in [-0.05, 0) is 19.3 Å². The van der Waals surface area contributed by atoms with Crippen LogP contribution in [0.4, 0.5) is 24.6 Å². The monoisotopic (exact) mass is 603 g/mol. The van der Waals surface area contributed by atoms with E-state index < -0.39 is 66.9 Å². The summed E-state index contributed by atoms with van der Waals surface area (Å²) in [5.41, 5.74) is -1.10. The number of hydrogen-bond donors (Lipinski definition) is 2. The van der Waals surface area contributed by atoms with Crippen molar-refractivity contribution in [2.75, 3.05) is 31.7 Å². The molecule has 0 saturated carbocycles. The first-order chi connectivity index (χ1) is 20.2. The van der Waals surface area contributed by atoms with Crippen LogP contribution in [0.3, 0.4) is 0 Å². The number of rotatable bonds is 17. The second-order valence-electron chi connectivity index (χ2n) is 9.62. The molecular formula is C27H42FN3O11. The van der Waals surface area contributed by atoms with Crippen LogP contribution in [0, 0.1) is 5.82 Å². The molecule has 15 heteroatoms. The summed E-state index contributed by atoms with van der Waals surface area (Å²) in [7, 11) is 0. The summed E-state index contributed by atoms with van der Waals surface area (Å²) in [6.07, 6.45) is -1.55. The number of carbonyl (C=O) groups excluding carboxylic acids is 3. The van der Waals surface area contributed by atoms with Gasteiger partial charge in [0, 0.05) is 0 Å². The van der Waals surface area contributed by atoms with Crippen LogP contribution in [0.2, 0.25) is 0 Å². The molecule has 0 aliphatic carbocycles. The Hall–Kier alpha value is -3.46. The van der Waals surface area contributed by atoms with Crippen molar-refractivity contribution >= 4 is 24.2 Å². The van der Waals surface area contributed by atoms with Gasteiger partial charge in [-0.15, -0.1) is 0 Å². The Kier molecular flexibility index (Phi) is 15.6. The Morgan fingerprint density at radius 3 is 1.95 bits per heavy atom. The SMILES string of the molecule is CCCCCOC(=O)Nc1nc(=O)n([C@@H]2O[C@H](CO)[C@@H](OC(=O)OCCCCC)[C@H]2OC(=O)OCCCCC)cc1F. The minimum atomic E-state index is -1.59.